The fourth-order valence-corrected chi connectivity index (χ4v) is 11.7. The summed E-state index contributed by atoms with van der Waals surface area (Å²) in [5.41, 5.74) is 5.63. The molecule has 9 heterocycles. The summed E-state index contributed by atoms with van der Waals surface area (Å²) < 4.78 is 0. The molecule has 3 saturated carbocycles. The molecule has 15 rings (SSSR count). The van der Waals surface area contributed by atoms with Gasteiger partial charge in [-0.1, -0.05) is 91.0 Å². The van der Waals surface area contributed by atoms with Crippen LogP contribution >= 0.6 is 0 Å². The molecular formula is C60H57N21O6. The smallest absolute Gasteiger partial charge is 0.291 e. The standard InChI is InChI=1S/3C20H19N7O2/c3*1-27-18-15(21-7-8-22-18)12-10-13(12)16(20(27)29)24-19(28)17-23-14(25-26-17)9-11-5-3-2-4-6-11/h3*2-8,12-13,16H,9-10H2,1H3,(H,24,28)(H,23,25,26)/t12-,13?,16+;2*12-,13+,16+/m110/s1. The number of hydrogen-bond acceptors (Lipinski definition) is 18. The number of nitrogens with one attached hydrogen (secondary N) is 6. The Morgan fingerprint density at radius 2 is 0.678 bits per heavy atom. The van der Waals surface area contributed by atoms with Crippen LogP contribution < -0.4 is 30.7 Å². The number of rotatable bonds is 12. The second-order valence-corrected chi connectivity index (χ2v) is 22.2. The van der Waals surface area contributed by atoms with Gasteiger partial charge in [-0.2, -0.15) is 0 Å². The number of likely N-dealkylation sites (N-methyl/N-ethyl adjacent to an activating group) is 3. The second-order valence-electron chi connectivity index (χ2n) is 22.2. The number of aromatic amines is 3. The first-order valence-electron chi connectivity index (χ1n) is 28.4. The molecule has 6 N–H and O–H groups in total. The summed E-state index contributed by atoms with van der Waals surface area (Å²) in [6.07, 6.45) is 13.6. The minimum atomic E-state index is -0.649. The molecule has 3 aliphatic heterocycles. The number of H-pyrrole nitrogens is 3. The molecule has 6 amide bonds. The van der Waals surface area contributed by atoms with Gasteiger partial charge in [0.1, 0.15) is 35.6 Å². The van der Waals surface area contributed by atoms with Gasteiger partial charge in [0.2, 0.25) is 17.5 Å². The molecule has 0 radical (unpaired) electrons. The van der Waals surface area contributed by atoms with Gasteiger partial charge >= 0.3 is 0 Å². The third-order valence-electron chi connectivity index (χ3n) is 16.4. The van der Waals surface area contributed by atoms with Gasteiger partial charge in [0, 0.05) is 95.3 Å². The van der Waals surface area contributed by atoms with E-state index in [2.05, 4.69) is 91.4 Å². The number of nitrogens with zero attached hydrogens (tertiary/aromatic N) is 15. The molecule has 9 aromatic rings. The lowest BCUT2D eigenvalue weighted by Crippen LogP contribution is -2.48. The number of carbonyl (C=O) groups excluding carboxylic acids is 6. The lowest BCUT2D eigenvalue weighted by molar-refractivity contribution is -0.121. The quantitative estimate of drug-likeness (QED) is 0.102. The first kappa shape index (κ1) is 55.3. The van der Waals surface area contributed by atoms with Crippen molar-refractivity contribution in [3.8, 4) is 0 Å². The van der Waals surface area contributed by atoms with E-state index in [9.17, 15) is 28.8 Å². The third kappa shape index (κ3) is 11.5. The Hall–Kier alpha value is -10.9. The predicted octanol–water partition coefficient (Wildman–Crippen LogP) is 3.19. The summed E-state index contributed by atoms with van der Waals surface area (Å²) >= 11 is 0. The highest BCUT2D eigenvalue weighted by molar-refractivity contribution is 6.04. The van der Waals surface area contributed by atoms with Crippen molar-refractivity contribution in [1.29, 1.82) is 0 Å². The summed E-state index contributed by atoms with van der Waals surface area (Å²) in [5, 5.41) is 29.0. The van der Waals surface area contributed by atoms with E-state index in [0.29, 0.717) is 54.2 Å². The van der Waals surface area contributed by atoms with Crippen LogP contribution in [0.5, 0.6) is 0 Å². The normalized spacial score (nSPS) is 22.4. The van der Waals surface area contributed by atoms with Gasteiger partial charge in [0.25, 0.3) is 35.4 Å². The molecule has 1 unspecified atom stereocenters. The summed E-state index contributed by atoms with van der Waals surface area (Å²) in [5.74, 6) is 1.93. The summed E-state index contributed by atoms with van der Waals surface area (Å²) in [4.78, 5) is 120. The van der Waals surface area contributed by atoms with Gasteiger partial charge in [0.15, 0.2) is 17.5 Å². The lowest BCUT2D eigenvalue weighted by Gasteiger charge is -2.22. The molecule has 3 fully saturated rings. The molecule has 438 valence electrons. The van der Waals surface area contributed by atoms with Crippen LogP contribution in [-0.4, -0.2) is 150 Å². The molecular weight excluding hydrogens is 1110 g/mol. The van der Waals surface area contributed by atoms with E-state index in [1.807, 2.05) is 91.0 Å². The van der Waals surface area contributed by atoms with E-state index in [-0.39, 0.29) is 70.7 Å². The predicted molar refractivity (Wildman–Crippen MR) is 310 cm³/mol. The van der Waals surface area contributed by atoms with E-state index in [0.717, 1.165) is 53.0 Å². The Bertz CT molecular complexity index is 3660. The molecule has 87 heavy (non-hydrogen) atoms. The monoisotopic (exact) mass is 1170 g/mol. The number of benzene rings is 3. The van der Waals surface area contributed by atoms with Gasteiger partial charge < -0.3 is 16.0 Å². The van der Waals surface area contributed by atoms with Gasteiger partial charge in [-0.3, -0.25) is 73.7 Å². The van der Waals surface area contributed by atoms with Crippen molar-refractivity contribution in [2.24, 2.45) is 17.8 Å². The number of amides is 6. The van der Waals surface area contributed by atoms with Gasteiger partial charge in [-0.15, -0.1) is 15.3 Å². The number of anilines is 3. The van der Waals surface area contributed by atoms with Crippen molar-refractivity contribution in [1.82, 2.24) is 91.4 Å². The zero-order valence-electron chi connectivity index (χ0n) is 47.2. The summed E-state index contributed by atoms with van der Waals surface area (Å²) in [6, 6.07) is 27.4. The van der Waals surface area contributed by atoms with Crippen molar-refractivity contribution in [2.45, 2.75) is 74.4 Å². The fourth-order valence-electron chi connectivity index (χ4n) is 11.7. The Kier molecular flexibility index (Phi) is 14.8. The van der Waals surface area contributed by atoms with Crippen molar-refractivity contribution in [3.63, 3.8) is 0 Å². The van der Waals surface area contributed by atoms with Gasteiger partial charge in [0.05, 0.1) is 17.1 Å². The van der Waals surface area contributed by atoms with Crippen molar-refractivity contribution < 1.29 is 28.8 Å². The molecule has 27 heteroatoms. The minimum absolute atomic E-state index is 0.00887. The maximum atomic E-state index is 13.0. The van der Waals surface area contributed by atoms with Crippen molar-refractivity contribution >= 4 is 52.9 Å². The molecule has 0 spiro atoms. The fraction of sp³-hybridized carbons (Fsp3) is 0.300. The second kappa shape index (κ2) is 23.3. The maximum absolute atomic E-state index is 13.0. The van der Waals surface area contributed by atoms with E-state index >= 15 is 0 Å². The summed E-state index contributed by atoms with van der Waals surface area (Å²) in [7, 11) is 4.97. The van der Waals surface area contributed by atoms with Crippen molar-refractivity contribution in [2.75, 3.05) is 35.8 Å². The average Bonchev–Trinajstić information content (AvgIpc) is 1.65. The number of fused-ring (bicyclic) bond motifs is 9. The molecule has 6 aliphatic rings. The molecule has 27 nitrogen and oxygen atoms in total. The number of carbonyl (C=O) groups is 6. The highest BCUT2D eigenvalue weighted by Crippen LogP contribution is 2.55. The zero-order valence-corrected chi connectivity index (χ0v) is 47.2. The maximum Gasteiger partial charge on any atom is 0.291 e. The number of aromatic nitrogens is 15. The molecule has 6 aromatic heterocycles. The Labute approximate surface area is 496 Å². The zero-order chi connectivity index (χ0) is 59.9. The van der Waals surface area contributed by atoms with Crippen LogP contribution in [0.15, 0.2) is 128 Å². The lowest BCUT2D eigenvalue weighted by atomic mass is 10.1. The molecule has 3 aliphatic carbocycles. The topological polar surface area (TPSA) is 350 Å². The van der Waals surface area contributed by atoms with Crippen LogP contribution in [0.4, 0.5) is 17.5 Å². The van der Waals surface area contributed by atoms with Crippen LogP contribution in [0.2, 0.25) is 0 Å². The van der Waals surface area contributed by atoms with E-state index < -0.39 is 35.8 Å². The molecule has 3 aromatic carbocycles. The number of hydrogen-bond donors (Lipinski definition) is 6. The first-order chi connectivity index (χ1) is 42.3. The SMILES string of the molecule is CN1C(=O)[C@@H](NC(=O)c2n[nH]c(Cc3ccccc3)n2)C2C[C@H]2c2nccnc21.CN1C(=O)[C@@H](NC(=O)c2n[nH]c(Cc3ccccc3)n2)[C@H]2C[C@H]2c2nccnc21.CN1C(=O)[C@H](NC(=O)c2n[nH]c(Cc3ccccc3)n2)[C@@H]2C[C@@H]2c2nccnc21. The Morgan fingerprint density at radius 3 is 0.954 bits per heavy atom. The highest BCUT2D eigenvalue weighted by Gasteiger charge is 2.56. The van der Waals surface area contributed by atoms with E-state index in [1.54, 1.807) is 58.3 Å². The third-order valence-corrected chi connectivity index (χ3v) is 16.4. The summed E-state index contributed by atoms with van der Waals surface area (Å²) in [6.45, 7) is 0. The van der Waals surface area contributed by atoms with Gasteiger partial charge in [-0.25, -0.2) is 29.9 Å². The van der Waals surface area contributed by atoms with Gasteiger partial charge in [-0.05, 0) is 53.7 Å². The van der Waals surface area contributed by atoms with Crippen molar-refractivity contribution in [3.05, 3.63) is 197 Å². The average molecular weight is 1170 g/mol. The largest absolute Gasteiger partial charge is 0.337 e. The van der Waals surface area contributed by atoms with Crippen LogP contribution in [0.1, 0.15) is 120 Å². The van der Waals surface area contributed by atoms with Crippen LogP contribution in [0.3, 0.4) is 0 Å². The molecule has 9 atom stereocenters. The Morgan fingerprint density at radius 1 is 0.414 bits per heavy atom. The van der Waals surface area contributed by atoms with E-state index in [4.69, 9.17) is 0 Å². The van der Waals surface area contributed by atoms with Crippen LogP contribution in [-0.2, 0) is 33.6 Å². The van der Waals surface area contributed by atoms with E-state index in [1.165, 1.54) is 14.7 Å². The highest BCUT2D eigenvalue weighted by atomic mass is 16.2. The molecule has 0 bridgehead atoms. The molecule has 0 saturated heterocycles. The minimum Gasteiger partial charge on any atom is -0.337 e. The first-order valence-corrected chi connectivity index (χ1v) is 28.4. The Balaban J connectivity index is 0.000000121. The van der Waals surface area contributed by atoms with Crippen LogP contribution in [0, 0.1) is 17.8 Å². The van der Waals surface area contributed by atoms with Crippen LogP contribution in [0.25, 0.3) is 0 Å².